The monoisotopic (exact) mass is 263 g/mol. The van der Waals surface area contributed by atoms with Gasteiger partial charge in [-0.1, -0.05) is 18.2 Å². The van der Waals surface area contributed by atoms with Crippen LogP contribution in [0, 0.1) is 0 Å². The Morgan fingerprint density at radius 2 is 2.16 bits per heavy atom. The van der Waals surface area contributed by atoms with Gasteiger partial charge in [-0.2, -0.15) is 0 Å². The van der Waals surface area contributed by atoms with Gasteiger partial charge in [0.05, 0.1) is 6.61 Å². The third-order valence-corrected chi connectivity index (χ3v) is 3.43. The Bertz CT molecular complexity index is 417. The van der Waals surface area contributed by atoms with Crippen LogP contribution in [0.4, 0.5) is 0 Å². The molecule has 1 heterocycles. The Kier molecular flexibility index (Phi) is 4.48. The van der Waals surface area contributed by atoms with E-state index in [2.05, 4.69) is 44.3 Å². The molecule has 3 nitrogen and oxygen atoms in total. The van der Waals surface area contributed by atoms with Crippen molar-refractivity contribution in [3.05, 3.63) is 29.8 Å². The average molecular weight is 263 g/mol. The highest BCUT2D eigenvalue weighted by Gasteiger charge is 2.33. The van der Waals surface area contributed by atoms with Crippen LogP contribution in [0.1, 0.15) is 45.7 Å². The molecule has 0 spiro atoms. The Balaban J connectivity index is 2.11. The Labute approximate surface area is 116 Å². The quantitative estimate of drug-likeness (QED) is 0.884. The zero-order chi connectivity index (χ0) is 13.9. The number of fused-ring (bicyclic) bond motifs is 1. The molecule has 0 aromatic heterocycles. The summed E-state index contributed by atoms with van der Waals surface area (Å²) >= 11 is 0. The Hall–Kier alpha value is -1.06. The number of hydrogen-bond donors (Lipinski definition) is 1. The van der Waals surface area contributed by atoms with Crippen LogP contribution in [0.2, 0.25) is 0 Å². The lowest BCUT2D eigenvalue weighted by molar-refractivity contribution is 0.0578. The van der Waals surface area contributed by atoms with Gasteiger partial charge in [0.15, 0.2) is 0 Å². The van der Waals surface area contributed by atoms with Crippen molar-refractivity contribution < 1.29 is 9.47 Å². The normalized spacial score (nSPS) is 22.4. The molecule has 2 rings (SSSR count). The van der Waals surface area contributed by atoms with Crippen LogP contribution >= 0.6 is 0 Å². The number of nitrogens with one attached hydrogen (secondary N) is 1. The van der Waals surface area contributed by atoms with Gasteiger partial charge in [0.1, 0.15) is 11.4 Å². The molecule has 2 atom stereocenters. The molecule has 0 saturated carbocycles. The average Bonchev–Trinajstić information content (AvgIpc) is 2.35. The molecular weight excluding hydrogens is 238 g/mol. The van der Waals surface area contributed by atoms with Gasteiger partial charge in [0, 0.05) is 30.7 Å². The third kappa shape index (κ3) is 3.71. The smallest absolute Gasteiger partial charge is 0.124 e. The molecule has 0 aliphatic carbocycles. The summed E-state index contributed by atoms with van der Waals surface area (Å²) in [5.74, 6) is 1.000. The van der Waals surface area contributed by atoms with Gasteiger partial charge < -0.3 is 14.8 Å². The molecular formula is C16H25NO2. The van der Waals surface area contributed by atoms with E-state index in [4.69, 9.17) is 9.47 Å². The van der Waals surface area contributed by atoms with Gasteiger partial charge in [-0.25, -0.2) is 0 Å². The summed E-state index contributed by atoms with van der Waals surface area (Å²) in [5.41, 5.74) is 1.13. The largest absolute Gasteiger partial charge is 0.487 e. The molecule has 2 unspecified atom stereocenters. The first-order valence-electron chi connectivity index (χ1n) is 7.13. The molecule has 0 radical (unpaired) electrons. The molecule has 0 bridgehead atoms. The van der Waals surface area contributed by atoms with E-state index in [0.717, 1.165) is 25.4 Å². The fraction of sp³-hybridized carbons (Fsp3) is 0.625. The van der Waals surface area contributed by atoms with E-state index < -0.39 is 0 Å². The van der Waals surface area contributed by atoms with Crippen molar-refractivity contribution in [2.75, 3.05) is 13.2 Å². The second-order valence-electron chi connectivity index (χ2n) is 5.88. The molecule has 3 heteroatoms. The van der Waals surface area contributed by atoms with E-state index in [1.165, 1.54) is 5.56 Å². The number of hydrogen-bond acceptors (Lipinski definition) is 3. The minimum Gasteiger partial charge on any atom is -0.487 e. The van der Waals surface area contributed by atoms with Crippen molar-refractivity contribution >= 4 is 0 Å². The summed E-state index contributed by atoms with van der Waals surface area (Å²) < 4.78 is 11.5. The minimum atomic E-state index is -0.128. The highest BCUT2D eigenvalue weighted by molar-refractivity contribution is 5.38. The predicted octanol–water partition coefficient (Wildman–Crippen LogP) is 3.30. The highest BCUT2D eigenvalue weighted by Crippen LogP contribution is 2.39. The summed E-state index contributed by atoms with van der Waals surface area (Å²) in [4.78, 5) is 0. The summed E-state index contributed by atoms with van der Waals surface area (Å²) in [7, 11) is 0. The Morgan fingerprint density at radius 1 is 1.42 bits per heavy atom. The van der Waals surface area contributed by atoms with Crippen molar-refractivity contribution in [3.63, 3.8) is 0 Å². The fourth-order valence-corrected chi connectivity index (χ4v) is 2.64. The van der Waals surface area contributed by atoms with Gasteiger partial charge >= 0.3 is 0 Å². The van der Waals surface area contributed by atoms with Crippen LogP contribution in [0.5, 0.6) is 5.75 Å². The summed E-state index contributed by atoms with van der Waals surface area (Å²) in [5, 5.41) is 3.66. The van der Waals surface area contributed by atoms with Crippen molar-refractivity contribution in [2.45, 2.75) is 51.8 Å². The van der Waals surface area contributed by atoms with Crippen molar-refractivity contribution in [2.24, 2.45) is 0 Å². The third-order valence-electron chi connectivity index (χ3n) is 3.43. The van der Waals surface area contributed by atoms with E-state index in [0.29, 0.717) is 12.1 Å². The van der Waals surface area contributed by atoms with Gasteiger partial charge in [-0.05, 0) is 33.8 Å². The maximum atomic E-state index is 6.04. The number of rotatable bonds is 5. The lowest BCUT2D eigenvalue weighted by Crippen LogP contribution is -2.43. The summed E-state index contributed by atoms with van der Waals surface area (Å²) in [6, 6.07) is 8.97. The molecule has 0 amide bonds. The van der Waals surface area contributed by atoms with Crippen molar-refractivity contribution in [3.8, 4) is 5.75 Å². The molecule has 1 aromatic rings. The number of benzene rings is 1. The topological polar surface area (TPSA) is 30.5 Å². The molecule has 1 aliphatic heterocycles. The minimum absolute atomic E-state index is 0.128. The summed E-state index contributed by atoms with van der Waals surface area (Å²) in [6.07, 6.45) is 0.973. The van der Waals surface area contributed by atoms with E-state index in [9.17, 15) is 0 Å². The second kappa shape index (κ2) is 5.93. The molecule has 1 N–H and O–H groups in total. The van der Waals surface area contributed by atoms with Crippen LogP contribution in [0.25, 0.3) is 0 Å². The number of para-hydroxylation sites is 1. The lowest BCUT2D eigenvalue weighted by Gasteiger charge is -2.39. The van der Waals surface area contributed by atoms with Crippen LogP contribution in [-0.2, 0) is 4.74 Å². The van der Waals surface area contributed by atoms with E-state index >= 15 is 0 Å². The molecule has 106 valence electrons. The van der Waals surface area contributed by atoms with E-state index in [1.807, 2.05) is 13.0 Å². The van der Waals surface area contributed by atoms with E-state index in [1.54, 1.807) is 0 Å². The first-order chi connectivity index (χ1) is 9.02. The van der Waals surface area contributed by atoms with Crippen LogP contribution in [-0.4, -0.2) is 24.9 Å². The van der Waals surface area contributed by atoms with Crippen LogP contribution < -0.4 is 10.1 Å². The van der Waals surface area contributed by atoms with Crippen molar-refractivity contribution in [1.82, 2.24) is 5.32 Å². The first-order valence-corrected chi connectivity index (χ1v) is 7.13. The van der Waals surface area contributed by atoms with Gasteiger partial charge in [-0.3, -0.25) is 0 Å². The molecule has 1 aliphatic rings. The van der Waals surface area contributed by atoms with Gasteiger partial charge in [0.25, 0.3) is 0 Å². The first kappa shape index (κ1) is 14.4. The maximum Gasteiger partial charge on any atom is 0.124 e. The van der Waals surface area contributed by atoms with Crippen LogP contribution in [0.15, 0.2) is 24.3 Å². The predicted molar refractivity (Wildman–Crippen MR) is 77.6 cm³/mol. The zero-order valence-corrected chi connectivity index (χ0v) is 12.4. The molecule has 19 heavy (non-hydrogen) atoms. The van der Waals surface area contributed by atoms with Gasteiger partial charge in [0.2, 0.25) is 0 Å². The number of ether oxygens (including phenoxy) is 2. The second-order valence-corrected chi connectivity index (χ2v) is 5.88. The standard InChI is InChI=1S/C16H25NO2/c1-5-18-11-12(2)17-14-10-16(3,4)19-15-9-7-6-8-13(14)15/h6-9,12,14,17H,5,10-11H2,1-4H3. The fourth-order valence-electron chi connectivity index (χ4n) is 2.64. The van der Waals surface area contributed by atoms with Crippen LogP contribution in [0.3, 0.4) is 0 Å². The molecule has 0 fully saturated rings. The zero-order valence-electron chi connectivity index (χ0n) is 12.4. The highest BCUT2D eigenvalue weighted by atomic mass is 16.5. The maximum absolute atomic E-state index is 6.04. The lowest BCUT2D eigenvalue weighted by atomic mass is 9.89. The molecule has 1 aromatic carbocycles. The summed E-state index contributed by atoms with van der Waals surface area (Å²) in [6.45, 7) is 9.99. The van der Waals surface area contributed by atoms with E-state index in [-0.39, 0.29) is 5.60 Å². The SMILES string of the molecule is CCOCC(C)NC1CC(C)(C)Oc2ccccc21. The van der Waals surface area contributed by atoms with Crippen molar-refractivity contribution in [1.29, 1.82) is 0 Å². The van der Waals surface area contributed by atoms with Gasteiger partial charge in [-0.15, -0.1) is 0 Å². The Morgan fingerprint density at radius 3 is 2.89 bits per heavy atom. The molecule has 0 saturated heterocycles.